The summed E-state index contributed by atoms with van der Waals surface area (Å²) in [5, 5.41) is 23.0. The summed E-state index contributed by atoms with van der Waals surface area (Å²) in [7, 11) is 3.54. The van der Waals surface area contributed by atoms with Crippen LogP contribution < -0.4 is 54.2 Å². The molecular weight excluding hydrogens is 741 g/mol. The number of nitrogens with one attached hydrogen (secondary N) is 8. The van der Waals surface area contributed by atoms with Crippen molar-refractivity contribution in [2.24, 2.45) is 11.5 Å². The highest BCUT2D eigenvalue weighted by molar-refractivity contribution is 8.76. The third-order valence-electron chi connectivity index (χ3n) is 8.25. The maximum atomic E-state index is 12.4. The third kappa shape index (κ3) is 45.8. The average molecular weight is 825 g/mol. The van der Waals surface area contributed by atoms with E-state index >= 15 is 0 Å². The Bertz CT molecular complexity index is 802. The van der Waals surface area contributed by atoms with Crippen LogP contribution in [0, 0.1) is 0 Å². The summed E-state index contributed by atoms with van der Waals surface area (Å²) < 4.78 is 11.4. The van der Waals surface area contributed by atoms with Gasteiger partial charge in [-0.15, -0.1) is 0 Å². The van der Waals surface area contributed by atoms with E-state index in [1.165, 1.54) is 12.8 Å². The Morgan fingerprint density at radius 1 is 0.582 bits per heavy atom. The van der Waals surface area contributed by atoms with Crippen molar-refractivity contribution in [2.75, 3.05) is 130 Å². The number of nitrogens with two attached hydrogens (primary N) is 2. The molecule has 328 valence electrons. The Hall–Kier alpha value is -0.800. The number of hydrogen-bond donors (Lipinski definition) is 10. The number of carbonyl (C=O) groups excluding carboxylic acids is 2. The predicted molar refractivity (Wildman–Crippen MR) is 233 cm³/mol. The van der Waals surface area contributed by atoms with E-state index in [0.29, 0.717) is 45.9 Å². The van der Waals surface area contributed by atoms with Crippen LogP contribution in [0.2, 0.25) is 0 Å². The van der Waals surface area contributed by atoms with E-state index in [2.05, 4.69) is 49.6 Å². The molecule has 0 saturated heterocycles. The first-order valence-corrected chi connectivity index (χ1v) is 23.9. The van der Waals surface area contributed by atoms with Crippen molar-refractivity contribution in [1.82, 2.24) is 42.7 Å². The van der Waals surface area contributed by atoms with Gasteiger partial charge >= 0.3 is 0 Å². The van der Waals surface area contributed by atoms with Crippen molar-refractivity contribution in [2.45, 2.75) is 103 Å². The van der Waals surface area contributed by atoms with E-state index in [4.69, 9.17) is 25.8 Å². The molecule has 1 atom stereocenters. The monoisotopic (exact) mass is 825 g/mol. The van der Waals surface area contributed by atoms with E-state index < -0.39 is 0 Å². The van der Waals surface area contributed by atoms with Crippen molar-refractivity contribution < 1.29 is 23.9 Å². The molecule has 0 aromatic carbocycles. The topological polar surface area (TPSA) is 210 Å². The number of rotatable bonds is 47. The average Bonchev–Trinajstić information content (AvgIpc) is 3.19. The van der Waals surface area contributed by atoms with Gasteiger partial charge in [-0.2, -0.15) is 0 Å². The summed E-state index contributed by atoms with van der Waals surface area (Å²) in [6.07, 6.45) is 13.8. The van der Waals surface area contributed by atoms with Gasteiger partial charge in [0.2, 0.25) is 11.8 Å². The van der Waals surface area contributed by atoms with Crippen LogP contribution in [-0.4, -0.2) is 148 Å². The molecule has 0 bridgehead atoms. The molecular formula is C38H84N10O5S2. The second kappa shape index (κ2) is 47.6. The molecule has 55 heavy (non-hydrogen) atoms. The van der Waals surface area contributed by atoms with Gasteiger partial charge in [0.05, 0.1) is 19.4 Å². The Morgan fingerprint density at radius 3 is 1.91 bits per heavy atom. The molecule has 0 aromatic heterocycles. The maximum Gasteiger partial charge on any atom is 0.246 e. The number of ether oxygens (including phenoxy) is 2. The Balaban J connectivity index is 3.66. The normalized spacial score (nSPS) is 12.0. The number of carbonyl (C=O) groups is 2. The molecule has 0 aliphatic carbocycles. The Morgan fingerprint density at radius 2 is 1.16 bits per heavy atom. The van der Waals surface area contributed by atoms with E-state index in [9.17, 15) is 9.59 Å². The van der Waals surface area contributed by atoms with Crippen LogP contribution in [-0.2, 0) is 23.9 Å². The van der Waals surface area contributed by atoms with Crippen molar-refractivity contribution in [3.05, 3.63) is 0 Å². The predicted octanol–water partition coefficient (Wildman–Crippen LogP) is 1.83. The molecule has 0 aliphatic rings. The van der Waals surface area contributed by atoms with Crippen LogP contribution in [0.15, 0.2) is 0 Å². The first-order chi connectivity index (χ1) is 27.1. The lowest BCUT2D eigenvalue weighted by Gasteiger charge is -2.19. The standard InChI is InChI=1S/C38H84N10O5S2/c1-2-29-51-35-45-20-5-3-4-6-25-47-38(50)34-52-36(33-44-22-10-17-40)14-28-43-23-11-26-46-37(49)15-32-55-54-31-13-30-53-48-27-12-24-42-19-8-7-18-41-21-9-16-39/h36,41-45,48H,2-35,39-40H2,1H3,(H,46,49)(H,47,50). The molecule has 12 N–H and O–H groups in total. The molecule has 0 aromatic rings. The molecule has 2 amide bonds. The van der Waals surface area contributed by atoms with E-state index in [1.807, 2.05) is 0 Å². The van der Waals surface area contributed by atoms with Gasteiger partial charge in [-0.1, -0.05) is 41.4 Å². The van der Waals surface area contributed by atoms with Gasteiger partial charge in [0.25, 0.3) is 0 Å². The fourth-order valence-electron chi connectivity index (χ4n) is 5.06. The van der Waals surface area contributed by atoms with Crippen LogP contribution in [0.25, 0.3) is 0 Å². The number of hydroxylamine groups is 1. The third-order valence-corrected chi connectivity index (χ3v) is 10.7. The van der Waals surface area contributed by atoms with Crippen molar-refractivity contribution >= 4 is 33.4 Å². The first kappa shape index (κ1) is 54.2. The Labute approximate surface area is 343 Å². The fourth-order valence-corrected chi connectivity index (χ4v) is 7.11. The zero-order valence-corrected chi connectivity index (χ0v) is 36.3. The SMILES string of the molecule is CCCOCNCCCCCCNC(=O)COC(CCNCCCNC(=O)CCSSCCCONCCCNCCCCNCCCN)CNCCCN. The van der Waals surface area contributed by atoms with Crippen LogP contribution in [0.1, 0.15) is 96.8 Å². The fraction of sp³-hybridized carbons (Fsp3) is 0.947. The Kier molecular flexibility index (Phi) is 46.9. The van der Waals surface area contributed by atoms with Crippen LogP contribution in [0.3, 0.4) is 0 Å². The van der Waals surface area contributed by atoms with Gasteiger partial charge in [0, 0.05) is 50.7 Å². The number of amides is 2. The highest BCUT2D eigenvalue weighted by Crippen LogP contribution is 2.22. The molecule has 15 nitrogen and oxygen atoms in total. The van der Waals surface area contributed by atoms with Gasteiger partial charge < -0.3 is 57.7 Å². The first-order valence-electron chi connectivity index (χ1n) is 21.4. The highest BCUT2D eigenvalue weighted by Gasteiger charge is 2.11. The highest BCUT2D eigenvalue weighted by atomic mass is 33.1. The lowest BCUT2D eigenvalue weighted by atomic mass is 10.2. The van der Waals surface area contributed by atoms with Gasteiger partial charge in [0.1, 0.15) is 6.61 Å². The minimum Gasteiger partial charge on any atom is -0.367 e. The molecule has 0 heterocycles. The quantitative estimate of drug-likeness (QED) is 0.0184. The summed E-state index contributed by atoms with van der Waals surface area (Å²) in [6, 6.07) is 0. The molecule has 17 heteroatoms. The van der Waals surface area contributed by atoms with Crippen molar-refractivity contribution in [3.8, 4) is 0 Å². The van der Waals surface area contributed by atoms with Gasteiger partial charge in [-0.05, 0) is 136 Å². The zero-order valence-electron chi connectivity index (χ0n) is 34.6. The minimum atomic E-state index is -0.0693. The lowest BCUT2D eigenvalue weighted by molar-refractivity contribution is -0.127. The maximum absolute atomic E-state index is 12.4. The molecule has 0 rings (SSSR count). The second-order valence-electron chi connectivity index (χ2n) is 13.5. The molecule has 0 spiro atoms. The summed E-state index contributed by atoms with van der Waals surface area (Å²) >= 11 is 0. The molecule has 0 aliphatic heterocycles. The van der Waals surface area contributed by atoms with Crippen molar-refractivity contribution in [1.29, 1.82) is 0 Å². The minimum absolute atomic E-state index is 0.0639. The molecule has 0 fully saturated rings. The van der Waals surface area contributed by atoms with Crippen LogP contribution >= 0.6 is 21.6 Å². The number of hydrogen-bond acceptors (Lipinski definition) is 15. The summed E-state index contributed by atoms with van der Waals surface area (Å²) in [6.45, 7) is 16.1. The summed E-state index contributed by atoms with van der Waals surface area (Å²) in [5.41, 5.74) is 14.2. The lowest BCUT2D eigenvalue weighted by Crippen LogP contribution is -2.37. The van der Waals surface area contributed by atoms with Gasteiger partial charge in [-0.25, -0.2) is 5.48 Å². The smallest absolute Gasteiger partial charge is 0.246 e. The summed E-state index contributed by atoms with van der Waals surface area (Å²) in [4.78, 5) is 30.1. The van der Waals surface area contributed by atoms with E-state index in [0.717, 1.165) is 154 Å². The van der Waals surface area contributed by atoms with E-state index in [-0.39, 0.29) is 24.5 Å². The molecule has 0 radical (unpaired) electrons. The van der Waals surface area contributed by atoms with Crippen LogP contribution in [0.4, 0.5) is 0 Å². The number of unbranched alkanes of at least 4 members (excludes halogenated alkanes) is 4. The largest absolute Gasteiger partial charge is 0.367 e. The zero-order chi connectivity index (χ0) is 40.0. The van der Waals surface area contributed by atoms with E-state index in [1.54, 1.807) is 21.6 Å². The second-order valence-corrected chi connectivity index (χ2v) is 16.2. The molecule has 1 unspecified atom stereocenters. The molecule has 0 saturated carbocycles. The van der Waals surface area contributed by atoms with Gasteiger partial charge in [-0.3, -0.25) is 14.9 Å². The van der Waals surface area contributed by atoms with Gasteiger partial charge in [0.15, 0.2) is 0 Å². The van der Waals surface area contributed by atoms with Crippen molar-refractivity contribution in [3.63, 3.8) is 0 Å². The summed E-state index contributed by atoms with van der Waals surface area (Å²) in [5.74, 6) is 1.83. The van der Waals surface area contributed by atoms with Crippen LogP contribution in [0.5, 0.6) is 0 Å².